The van der Waals surface area contributed by atoms with Crippen LogP contribution in [-0.2, 0) is 0 Å². The van der Waals surface area contributed by atoms with Gasteiger partial charge in [-0.15, -0.1) is 0 Å². The van der Waals surface area contributed by atoms with Gasteiger partial charge in [-0.3, -0.25) is 0 Å². The molecule has 0 heterocycles. The Hall–Kier alpha value is -0.760. The molecule has 0 atom stereocenters. The minimum Gasteiger partial charge on any atom is -0.380 e. The molecule has 1 rings (SSSR count). The fourth-order valence-electron chi connectivity index (χ4n) is 1.10. The molecular weight excluding hydrogens is 226 g/mol. The summed E-state index contributed by atoms with van der Waals surface area (Å²) in [5.41, 5.74) is 3.54. The highest BCUT2D eigenvalue weighted by Crippen LogP contribution is 2.25. The minimum atomic E-state index is 0.823. The topological polar surface area (TPSA) is 12.0 Å². The van der Waals surface area contributed by atoms with Gasteiger partial charge < -0.3 is 5.32 Å². The summed E-state index contributed by atoms with van der Waals surface area (Å²) in [6.07, 6.45) is 0. The van der Waals surface area contributed by atoms with Crippen LogP contribution >= 0.6 is 15.9 Å². The van der Waals surface area contributed by atoms with Crippen LogP contribution < -0.4 is 5.32 Å². The average Bonchev–Trinajstić information content (AvgIpc) is 2.03. The fraction of sp³-hybridized carbons (Fsp3) is 0.273. The van der Waals surface area contributed by atoms with Gasteiger partial charge in [0.2, 0.25) is 0 Å². The van der Waals surface area contributed by atoms with E-state index in [9.17, 15) is 0 Å². The zero-order valence-corrected chi connectivity index (χ0v) is 9.61. The van der Waals surface area contributed by atoms with Gasteiger partial charge in [-0.25, -0.2) is 0 Å². The molecule has 1 nitrogen and oxygen atoms in total. The Morgan fingerprint density at radius 3 is 2.77 bits per heavy atom. The standard InChI is InChI=1S/C11H14BrN/c1-8(2)7-13-11-9(3)5-4-6-10(11)12/h4-6,13H,1,7H2,2-3H3. The predicted octanol–water partition coefficient (Wildman–Crippen LogP) is 3.75. The molecule has 0 aliphatic carbocycles. The monoisotopic (exact) mass is 239 g/mol. The fourth-order valence-corrected chi connectivity index (χ4v) is 1.70. The molecule has 0 aromatic heterocycles. The Labute approximate surface area is 88.0 Å². The van der Waals surface area contributed by atoms with Crippen molar-refractivity contribution in [2.45, 2.75) is 13.8 Å². The van der Waals surface area contributed by atoms with Crippen molar-refractivity contribution in [2.75, 3.05) is 11.9 Å². The first-order valence-electron chi connectivity index (χ1n) is 4.24. The van der Waals surface area contributed by atoms with Crippen molar-refractivity contribution in [3.63, 3.8) is 0 Å². The first kappa shape index (κ1) is 10.3. The minimum absolute atomic E-state index is 0.823. The van der Waals surface area contributed by atoms with E-state index in [4.69, 9.17) is 0 Å². The van der Waals surface area contributed by atoms with Crippen LogP contribution in [0.5, 0.6) is 0 Å². The van der Waals surface area contributed by atoms with Gasteiger partial charge in [0.05, 0.1) is 5.69 Å². The summed E-state index contributed by atoms with van der Waals surface area (Å²) in [6.45, 7) is 8.78. The number of anilines is 1. The van der Waals surface area contributed by atoms with E-state index in [-0.39, 0.29) is 0 Å². The molecule has 0 saturated carbocycles. The van der Waals surface area contributed by atoms with E-state index in [1.54, 1.807) is 0 Å². The summed E-state index contributed by atoms with van der Waals surface area (Å²) in [7, 11) is 0. The van der Waals surface area contributed by atoms with E-state index < -0.39 is 0 Å². The van der Waals surface area contributed by atoms with Crippen LogP contribution in [0, 0.1) is 6.92 Å². The Balaban J connectivity index is 2.81. The summed E-state index contributed by atoms with van der Waals surface area (Å²) >= 11 is 3.51. The molecule has 2 heteroatoms. The summed E-state index contributed by atoms with van der Waals surface area (Å²) in [4.78, 5) is 0. The summed E-state index contributed by atoms with van der Waals surface area (Å²) in [5, 5.41) is 3.33. The highest BCUT2D eigenvalue weighted by atomic mass is 79.9. The summed E-state index contributed by atoms with van der Waals surface area (Å²) in [6, 6.07) is 6.16. The van der Waals surface area contributed by atoms with Gasteiger partial charge in [-0.2, -0.15) is 0 Å². The number of rotatable bonds is 3. The molecule has 0 radical (unpaired) electrons. The number of hydrogen-bond acceptors (Lipinski definition) is 1. The Kier molecular flexibility index (Phi) is 3.55. The first-order chi connectivity index (χ1) is 6.11. The molecule has 1 N–H and O–H groups in total. The molecule has 0 bridgehead atoms. The van der Waals surface area contributed by atoms with Crippen molar-refractivity contribution in [1.29, 1.82) is 0 Å². The molecule has 0 spiro atoms. The molecule has 13 heavy (non-hydrogen) atoms. The highest BCUT2D eigenvalue weighted by molar-refractivity contribution is 9.10. The number of hydrogen-bond donors (Lipinski definition) is 1. The van der Waals surface area contributed by atoms with E-state index in [1.807, 2.05) is 19.1 Å². The normalized spacial score (nSPS) is 9.77. The van der Waals surface area contributed by atoms with Crippen molar-refractivity contribution in [3.05, 3.63) is 40.4 Å². The summed E-state index contributed by atoms with van der Waals surface area (Å²) in [5.74, 6) is 0. The van der Waals surface area contributed by atoms with Crippen LogP contribution in [0.2, 0.25) is 0 Å². The third-order valence-electron chi connectivity index (χ3n) is 1.79. The van der Waals surface area contributed by atoms with Crippen molar-refractivity contribution < 1.29 is 0 Å². The molecule has 0 amide bonds. The Morgan fingerprint density at radius 1 is 1.54 bits per heavy atom. The van der Waals surface area contributed by atoms with Gasteiger partial charge in [0, 0.05) is 11.0 Å². The molecule has 0 fully saturated rings. The number of benzene rings is 1. The van der Waals surface area contributed by atoms with Crippen molar-refractivity contribution in [3.8, 4) is 0 Å². The Morgan fingerprint density at radius 2 is 2.23 bits per heavy atom. The van der Waals surface area contributed by atoms with Gasteiger partial charge in [0.15, 0.2) is 0 Å². The molecule has 0 aliphatic rings. The smallest absolute Gasteiger partial charge is 0.0516 e. The zero-order chi connectivity index (χ0) is 9.84. The second-order valence-corrected chi connectivity index (χ2v) is 4.10. The van der Waals surface area contributed by atoms with Crippen molar-refractivity contribution in [2.24, 2.45) is 0 Å². The lowest BCUT2D eigenvalue weighted by molar-refractivity contribution is 1.20. The third kappa shape index (κ3) is 2.88. The highest BCUT2D eigenvalue weighted by Gasteiger charge is 2.01. The number of para-hydroxylation sites is 1. The maximum absolute atomic E-state index is 3.85. The largest absolute Gasteiger partial charge is 0.380 e. The predicted molar refractivity (Wildman–Crippen MR) is 62.2 cm³/mol. The lowest BCUT2D eigenvalue weighted by atomic mass is 10.2. The molecule has 1 aromatic carbocycles. The Bertz CT molecular complexity index is 298. The molecule has 0 aliphatic heterocycles. The number of nitrogens with one attached hydrogen (secondary N) is 1. The SMILES string of the molecule is C=C(C)CNc1c(C)cccc1Br. The first-order valence-corrected chi connectivity index (χ1v) is 5.04. The molecule has 0 saturated heterocycles. The van der Waals surface area contributed by atoms with Gasteiger partial charge in [0.25, 0.3) is 0 Å². The van der Waals surface area contributed by atoms with Gasteiger partial charge in [-0.1, -0.05) is 24.3 Å². The van der Waals surface area contributed by atoms with E-state index >= 15 is 0 Å². The summed E-state index contributed by atoms with van der Waals surface area (Å²) < 4.78 is 1.11. The second-order valence-electron chi connectivity index (χ2n) is 3.24. The third-order valence-corrected chi connectivity index (χ3v) is 2.45. The van der Waals surface area contributed by atoms with Crippen LogP contribution in [0.15, 0.2) is 34.8 Å². The zero-order valence-electron chi connectivity index (χ0n) is 8.02. The van der Waals surface area contributed by atoms with Crippen LogP contribution in [0.25, 0.3) is 0 Å². The van der Waals surface area contributed by atoms with Crippen LogP contribution in [0.3, 0.4) is 0 Å². The van der Waals surface area contributed by atoms with Gasteiger partial charge in [0.1, 0.15) is 0 Å². The maximum Gasteiger partial charge on any atom is 0.0516 e. The van der Waals surface area contributed by atoms with Crippen LogP contribution in [0.1, 0.15) is 12.5 Å². The van der Waals surface area contributed by atoms with Gasteiger partial charge in [-0.05, 0) is 41.4 Å². The average molecular weight is 240 g/mol. The second kappa shape index (κ2) is 4.47. The van der Waals surface area contributed by atoms with E-state index in [0.29, 0.717) is 0 Å². The lowest BCUT2D eigenvalue weighted by Gasteiger charge is -2.10. The molecule has 0 unspecified atom stereocenters. The molecule has 1 aromatic rings. The van der Waals surface area contributed by atoms with Crippen LogP contribution in [-0.4, -0.2) is 6.54 Å². The quantitative estimate of drug-likeness (QED) is 0.793. The lowest BCUT2D eigenvalue weighted by Crippen LogP contribution is -2.03. The molecule has 70 valence electrons. The van der Waals surface area contributed by atoms with Crippen molar-refractivity contribution in [1.82, 2.24) is 0 Å². The van der Waals surface area contributed by atoms with E-state index in [0.717, 1.165) is 22.3 Å². The van der Waals surface area contributed by atoms with E-state index in [2.05, 4.69) is 40.8 Å². The molecular formula is C11H14BrN. The van der Waals surface area contributed by atoms with E-state index in [1.165, 1.54) is 5.56 Å². The number of aryl methyl sites for hydroxylation is 1. The maximum atomic E-state index is 3.85. The van der Waals surface area contributed by atoms with Gasteiger partial charge >= 0.3 is 0 Å². The van der Waals surface area contributed by atoms with Crippen molar-refractivity contribution >= 4 is 21.6 Å². The van der Waals surface area contributed by atoms with Crippen LogP contribution in [0.4, 0.5) is 5.69 Å². The number of halogens is 1.